The molecule has 0 atom stereocenters. The van der Waals surface area contributed by atoms with Crippen molar-refractivity contribution < 1.29 is 4.79 Å². The molecule has 0 saturated heterocycles. The van der Waals surface area contributed by atoms with Crippen molar-refractivity contribution in [3.8, 4) is 11.3 Å². The molecule has 0 unspecified atom stereocenters. The highest BCUT2D eigenvalue weighted by atomic mass is 32.1. The van der Waals surface area contributed by atoms with Crippen molar-refractivity contribution in [2.24, 2.45) is 0 Å². The second-order valence-corrected chi connectivity index (χ2v) is 6.28. The van der Waals surface area contributed by atoms with Crippen LogP contribution in [-0.2, 0) is 13.0 Å². The molecule has 3 rings (SSSR count). The van der Waals surface area contributed by atoms with Crippen molar-refractivity contribution in [3.63, 3.8) is 0 Å². The number of amides is 2. The lowest BCUT2D eigenvalue weighted by Crippen LogP contribution is -2.36. The first-order valence-electron chi connectivity index (χ1n) is 7.87. The summed E-state index contributed by atoms with van der Waals surface area (Å²) >= 11 is 1.62. The van der Waals surface area contributed by atoms with Crippen LogP contribution in [0.5, 0.6) is 0 Å². The third kappa shape index (κ3) is 4.67. The minimum Gasteiger partial charge on any atom is -0.338 e. The lowest BCUT2D eigenvalue weighted by atomic mass is 10.2. The van der Waals surface area contributed by atoms with Gasteiger partial charge in [0, 0.05) is 30.5 Å². The average molecular weight is 337 g/mol. The number of aromatic nitrogens is 1. The third-order valence-electron chi connectivity index (χ3n) is 3.54. The molecular weight excluding hydrogens is 318 g/mol. The molecule has 1 aromatic heterocycles. The fourth-order valence-corrected chi connectivity index (χ4v) is 3.10. The molecule has 0 aliphatic heterocycles. The highest BCUT2D eigenvalue weighted by molar-refractivity contribution is 7.09. The van der Waals surface area contributed by atoms with Gasteiger partial charge in [0.2, 0.25) is 0 Å². The van der Waals surface area contributed by atoms with Crippen molar-refractivity contribution >= 4 is 17.4 Å². The van der Waals surface area contributed by atoms with Crippen LogP contribution in [0.2, 0.25) is 0 Å². The van der Waals surface area contributed by atoms with E-state index >= 15 is 0 Å². The Morgan fingerprint density at radius 3 is 2.42 bits per heavy atom. The largest absolute Gasteiger partial charge is 0.338 e. The predicted molar refractivity (Wildman–Crippen MR) is 97.9 cm³/mol. The lowest BCUT2D eigenvalue weighted by Gasteiger charge is -2.06. The fraction of sp³-hybridized carbons (Fsp3) is 0.158. The maximum atomic E-state index is 11.8. The van der Waals surface area contributed by atoms with Crippen LogP contribution in [0.4, 0.5) is 4.79 Å². The van der Waals surface area contributed by atoms with Gasteiger partial charge in [-0.15, -0.1) is 11.3 Å². The van der Waals surface area contributed by atoms with E-state index in [9.17, 15) is 4.79 Å². The molecule has 4 nitrogen and oxygen atoms in total. The van der Waals surface area contributed by atoms with Crippen LogP contribution in [0.3, 0.4) is 0 Å². The monoisotopic (exact) mass is 337 g/mol. The first kappa shape index (κ1) is 16.2. The molecular formula is C19H19N3OS. The highest BCUT2D eigenvalue weighted by Gasteiger charge is 2.05. The maximum absolute atomic E-state index is 11.8. The normalized spacial score (nSPS) is 10.3. The zero-order chi connectivity index (χ0) is 16.6. The van der Waals surface area contributed by atoms with Crippen LogP contribution in [0.25, 0.3) is 11.3 Å². The topological polar surface area (TPSA) is 54.0 Å². The van der Waals surface area contributed by atoms with E-state index < -0.39 is 0 Å². The second-order valence-electron chi connectivity index (χ2n) is 5.34. The van der Waals surface area contributed by atoms with Crippen LogP contribution in [0.15, 0.2) is 66.0 Å². The van der Waals surface area contributed by atoms with Crippen molar-refractivity contribution in [1.29, 1.82) is 0 Å². The van der Waals surface area contributed by atoms with E-state index in [1.165, 1.54) is 0 Å². The standard InChI is InChI=1S/C19H19N3OS/c23-19(21-13-15-7-3-1-4-8-15)20-12-11-18-22-17(14-24-18)16-9-5-2-6-10-16/h1-10,14H,11-13H2,(H2,20,21,23). The summed E-state index contributed by atoms with van der Waals surface area (Å²) in [5, 5.41) is 8.80. The number of benzene rings is 2. The van der Waals surface area contributed by atoms with Gasteiger partial charge in [-0.3, -0.25) is 0 Å². The molecule has 122 valence electrons. The summed E-state index contributed by atoms with van der Waals surface area (Å²) in [7, 11) is 0. The molecule has 0 radical (unpaired) electrons. The summed E-state index contributed by atoms with van der Waals surface area (Å²) in [6.45, 7) is 1.10. The Morgan fingerprint density at radius 1 is 0.958 bits per heavy atom. The zero-order valence-electron chi connectivity index (χ0n) is 13.2. The molecule has 1 heterocycles. The molecule has 0 aliphatic carbocycles. The number of nitrogens with one attached hydrogen (secondary N) is 2. The molecule has 2 amide bonds. The molecule has 3 aromatic rings. The van der Waals surface area contributed by atoms with E-state index in [4.69, 9.17) is 0 Å². The number of thiazole rings is 1. The van der Waals surface area contributed by atoms with E-state index in [2.05, 4.69) is 21.0 Å². The molecule has 0 fully saturated rings. The van der Waals surface area contributed by atoms with Crippen molar-refractivity contribution in [2.75, 3.05) is 6.54 Å². The van der Waals surface area contributed by atoms with Crippen LogP contribution in [0, 0.1) is 0 Å². The predicted octanol–water partition coefficient (Wildman–Crippen LogP) is 3.85. The van der Waals surface area contributed by atoms with Crippen LogP contribution in [0.1, 0.15) is 10.6 Å². The van der Waals surface area contributed by atoms with Gasteiger partial charge in [0.1, 0.15) is 0 Å². The Kier molecular flexibility index (Phi) is 5.58. The van der Waals surface area contributed by atoms with Crippen LogP contribution in [-0.4, -0.2) is 17.6 Å². The summed E-state index contributed by atoms with van der Waals surface area (Å²) in [6.07, 6.45) is 0.732. The molecule has 0 saturated carbocycles. The summed E-state index contributed by atoms with van der Waals surface area (Å²) in [4.78, 5) is 16.4. The molecule has 24 heavy (non-hydrogen) atoms. The van der Waals surface area contributed by atoms with Crippen molar-refractivity contribution in [3.05, 3.63) is 76.6 Å². The van der Waals surface area contributed by atoms with Gasteiger partial charge in [-0.2, -0.15) is 0 Å². The molecule has 0 bridgehead atoms. The van der Waals surface area contributed by atoms with Gasteiger partial charge in [0.15, 0.2) is 0 Å². The summed E-state index contributed by atoms with van der Waals surface area (Å²) in [6, 6.07) is 19.8. The summed E-state index contributed by atoms with van der Waals surface area (Å²) in [5.74, 6) is 0. The molecule has 2 N–H and O–H groups in total. The quantitative estimate of drug-likeness (QED) is 0.718. The number of carbonyl (C=O) groups excluding carboxylic acids is 1. The Bertz CT molecular complexity index is 772. The van der Waals surface area contributed by atoms with E-state index in [0.717, 1.165) is 28.2 Å². The van der Waals surface area contributed by atoms with Gasteiger partial charge in [0.25, 0.3) is 0 Å². The summed E-state index contributed by atoms with van der Waals surface area (Å²) in [5.41, 5.74) is 3.19. The van der Waals surface area contributed by atoms with Gasteiger partial charge in [-0.1, -0.05) is 60.7 Å². The molecule has 5 heteroatoms. The Labute approximate surface area is 145 Å². The second kappa shape index (κ2) is 8.26. The van der Waals surface area contributed by atoms with Gasteiger partial charge in [-0.05, 0) is 5.56 Å². The number of nitrogens with zero attached hydrogens (tertiary/aromatic N) is 1. The Morgan fingerprint density at radius 2 is 1.67 bits per heavy atom. The van der Waals surface area contributed by atoms with Gasteiger partial charge in [0.05, 0.1) is 10.7 Å². The van der Waals surface area contributed by atoms with E-state index in [1.54, 1.807) is 11.3 Å². The lowest BCUT2D eigenvalue weighted by molar-refractivity contribution is 0.240. The third-order valence-corrected chi connectivity index (χ3v) is 4.45. The fourth-order valence-electron chi connectivity index (χ4n) is 2.29. The number of hydrogen-bond donors (Lipinski definition) is 2. The first-order chi connectivity index (χ1) is 11.8. The Hall–Kier alpha value is -2.66. The van der Waals surface area contributed by atoms with Gasteiger partial charge >= 0.3 is 6.03 Å². The van der Waals surface area contributed by atoms with Crippen LogP contribution >= 0.6 is 11.3 Å². The SMILES string of the molecule is O=C(NCCc1nc(-c2ccccc2)cs1)NCc1ccccc1. The number of hydrogen-bond acceptors (Lipinski definition) is 3. The highest BCUT2D eigenvalue weighted by Crippen LogP contribution is 2.21. The minimum absolute atomic E-state index is 0.154. The van der Waals surface area contributed by atoms with Crippen molar-refractivity contribution in [2.45, 2.75) is 13.0 Å². The average Bonchev–Trinajstić information content (AvgIpc) is 3.11. The number of carbonyl (C=O) groups is 1. The molecule has 0 spiro atoms. The first-order valence-corrected chi connectivity index (χ1v) is 8.75. The molecule has 0 aliphatic rings. The van der Waals surface area contributed by atoms with E-state index in [-0.39, 0.29) is 6.03 Å². The smallest absolute Gasteiger partial charge is 0.315 e. The molecule has 2 aromatic carbocycles. The van der Waals surface area contributed by atoms with Gasteiger partial charge < -0.3 is 10.6 Å². The Balaban J connectivity index is 1.42. The number of urea groups is 1. The minimum atomic E-state index is -0.154. The van der Waals surface area contributed by atoms with Crippen LogP contribution < -0.4 is 10.6 Å². The maximum Gasteiger partial charge on any atom is 0.315 e. The van der Waals surface area contributed by atoms with Gasteiger partial charge in [-0.25, -0.2) is 9.78 Å². The zero-order valence-corrected chi connectivity index (χ0v) is 14.1. The van der Waals surface area contributed by atoms with Crippen molar-refractivity contribution in [1.82, 2.24) is 15.6 Å². The van der Waals surface area contributed by atoms with E-state index in [0.29, 0.717) is 13.1 Å². The summed E-state index contributed by atoms with van der Waals surface area (Å²) < 4.78 is 0. The van der Waals surface area contributed by atoms with E-state index in [1.807, 2.05) is 60.7 Å². The number of rotatable bonds is 6.